The van der Waals surface area contributed by atoms with Crippen molar-refractivity contribution in [2.45, 2.75) is 12.7 Å². The van der Waals surface area contributed by atoms with Crippen molar-refractivity contribution in [2.75, 3.05) is 26.2 Å². The SMILES string of the molecule is O=C(c1nn(-c2ccccc2)cc1O)N1CCN(Cc2cccc(C(F)(F)F)c2)CC1. The monoisotopic (exact) mass is 430 g/mol. The number of hydrogen-bond acceptors (Lipinski definition) is 4. The second-order valence-corrected chi connectivity index (χ2v) is 7.41. The van der Waals surface area contributed by atoms with Crippen molar-refractivity contribution in [1.82, 2.24) is 19.6 Å². The summed E-state index contributed by atoms with van der Waals surface area (Å²) in [5.41, 5.74) is 0.620. The zero-order valence-electron chi connectivity index (χ0n) is 16.6. The van der Waals surface area contributed by atoms with Gasteiger partial charge in [-0.1, -0.05) is 36.4 Å². The van der Waals surface area contributed by atoms with Gasteiger partial charge in [-0.3, -0.25) is 9.69 Å². The Kier molecular flexibility index (Phi) is 5.69. The largest absolute Gasteiger partial charge is 0.504 e. The Morgan fingerprint density at radius 2 is 1.71 bits per heavy atom. The van der Waals surface area contributed by atoms with Crippen LogP contribution in [0.4, 0.5) is 13.2 Å². The Hall–Kier alpha value is -3.33. The van der Waals surface area contributed by atoms with Crippen LogP contribution in [-0.4, -0.2) is 56.8 Å². The number of amides is 1. The predicted octanol–water partition coefficient (Wildman–Crippen LogP) is 3.55. The van der Waals surface area contributed by atoms with Gasteiger partial charge in [-0.2, -0.15) is 18.3 Å². The maximum atomic E-state index is 12.9. The number of hydrogen-bond donors (Lipinski definition) is 1. The third-order valence-corrected chi connectivity index (χ3v) is 5.24. The molecule has 6 nitrogen and oxygen atoms in total. The summed E-state index contributed by atoms with van der Waals surface area (Å²) >= 11 is 0. The van der Waals surface area contributed by atoms with Gasteiger partial charge in [-0.05, 0) is 23.8 Å². The Morgan fingerprint density at radius 3 is 2.39 bits per heavy atom. The van der Waals surface area contributed by atoms with E-state index >= 15 is 0 Å². The van der Waals surface area contributed by atoms with Gasteiger partial charge < -0.3 is 10.0 Å². The standard InChI is InChI=1S/C22H21F3N4O2/c23-22(24,25)17-6-4-5-16(13-17)14-27-9-11-28(12-10-27)21(31)20-19(30)15-29(26-20)18-7-2-1-3-8-18/h1-8,13,15,30H,9-12,14H2. The average Bonchev–Trinajstić information content (AvgIpc) is 3.16. The van der Waals surface area contributed by atoms with Gasteiger partial charge in [0, 0.05) is 32.7 Å². The summed E-state index contributed by atoms with van der Waals surface area (Å²) in [7, 11) is 0. The molecule has 0 aliphatic carbocycles. The van der Waals surface area contributed by atoms with E-state index in [1.807, 2.05) is 35.2 Å². The lowest BCUT2D eigenvalue weighted by molar-refractivity contribution is -0.137. The first-order chi connectivity index (χ1) is 14.8. The Labute approximate surface area is 177 Å². The molecule has 1 amide bonds. The van der Waals surface area contributed by atoms with Crippen LogP contribution >= 0.6 is 0 Å². The van der Waals surface area contributed by atoms with E-state index in [1.54, 1.807) is 11.0 Å². The Bertz CT molecular complexity index is 1060. The molecule has 1 aliphatic rings. The molecule has 1 N–H and O–H groups in total. The number of aromatic hydroxyl groups is 1. The van der Waals surface area contributed by atoms with E-state index in [0.29, 0.717) is 38.3 Å². The highest BCUT2D eigenvalue weighted by Crippen LogP contribution is 2.30. The number of alkyl halides is 3. The first-order valence-electron chi connectivity index (χ1n) is 9.83. The van der Waals surface area contributed by atoms with Crippen LogP contribution in [0.15, 0.2) is 60.8 Å². The molecule has 0 radical (unpaired) electrons. The van der Waals surface area contributed by atoms with Gasteiger partial charge in [0.05, 0.1) is 17.4 Å². The molecular weight excluding hydrogens is 409 g/mol. The van der Waals surface area contributed by atoms with Gasteiger partial charge in [-0.15, -0.1) is 0 Å². The van der Waals surface area contributed by atoms with E-state index in [-0.39, 0.29) is 17.4 Å². The quantitative estimate of drug-likeness (QED) is 0.688. The summed E-state index contributed by atoms with van der Waals surface area (Å²) in [6, 6.07) is 14.4. The number of nitrogens with zero attached hydrogens (tertiary/aromatic N) is 4. The van der Waals surface area contributed by atoms with E-state index in [9.17, 15) is 23.1 Å². The third kappa shape index (κ3) is 4.72. The molecule has 9 heteroatoms. The van der Waals surface area contributed by atoms with Crippen LogP contribution in [0.1, 0.15) is 21.6 Å². The maximum absolute atomic E-state index is 12.9. The van der Waals surface area contributed by atoms with Crippen LogP contribution in [-0.2, 0) is 12.7 Å². The highest BCUT2D eigenvalue weighted by molar-refractivity contribution is 5.95. The number of carbonyl (C=O) groups is 1. The molecule has 1 fully saturated rings. The predicted molar refractivity (Wildman–Crippen MR) is 108 cm³/mol. The summed E-state index contributed by atoms with van der Waals surface area (Å²) in [4.78, 5) is 16.4. The molecule has 1 aromatic heterocycles. The maximum Gasteiger partial charge on any atom is 0.416 e. The van der Waals surface area contributed by atoms with E-state index in [2.05, 4.69) is 5.10 Å². The average molecular weight is 430 g/mol. The Balaban J connectivity index is 1.38. The molecule has 1 aliphatic heterocycles. The van der Waals surface area contributed by atoms with Gasteiger partial charge in [0.2, 0.25) is 0 Å². The summed E-state index contributed by atoms with van der Waals surface area (Å²) in [5.74, 6) is -0.564. The molecule has 31 heavy (non-hydrogen) atoms. The number of rotatable bonds is 4. The lowest BCUT2D eigenvalue weighted by atomic mass is 10.1. The smallest absolute Gasteiger partial charge is 0.416 e. The second-order valence-electron chi connectivity index (χ2n) is 7.41. The Morgan fingerprint density at radius 1 is 1.00 bits per heavy atom. The van der Waals surface area contributed by atoms with Crippen molar-refractivity contribution in [2.24, 2.45) is 0 Å². The molecule has 3 aromatic rings. The summed E-state index contributed by atoms with van der Waals surface area (Å²) in [6.45, 7) is 2.20. The molecule has 0 unspecified atom stereocenters. The topological polar surface area (TPSA) is 61.6 Å². The molecule has 1 saturated heterocycles. The van der Waals surface area contributed by atoms with Gasteiger partial charge in [-0.25, -0.2) is 4.68 Å². The molecule has 2 heterocycles. The lowest BCUT2D eigenvalue weighted by Crippen LogP contribution is -2.48. The highest BCUT2D eigenvalue weighted by Gasteiger charge is 2.31. The minimum atomic E-state index is -4.37. The number of carbonyl (C=O) groups excluding carboxylic acids is 1. The van der Waals surface area contributed by atoms with Crippen molar-refractivity contribution >= 4 is 5.91 Å². The number of halogens is 3. The lowest BCUT2D eigenvalue weighted by Gasteiger charge is -2.34. The highest BCUT2D eigenvalue weighted by atomic mass is 19.4. The van der Waals surface area contributed by atoms with Crippen molar-refractivity contribution in [3.05, 3.63) is 77.6 Å². The number of piperazine rings is 1. The third-order valence-electron chi connectivity index (χ3n) is 5.24. The fourth-order valence-corrected chi connectivity index (χ4v) is 3.59. The van der Waals surface area contributed by atoms with Crippen LogP contribution in [0.2, 0.25) is 0 Å². The number of para-hydroxylation sites is 1. The van der Waals surface area contributed by atoms with Gasteiger partial charge >= 0.3 is 6.18 Å². The zero-order chi connectivity index (χ0) is 22.0. The van der Waals surface area contributed by atoms with Crippen LogP contribution in [0.5, 0.6) is 5.75 Å². The first kappa shape index (κ1) is 20.9. The summed E-state index contributed by atoms with van der Waals surface area (Å²) in [6.07, 6.45) is -2.97. The minimum absolute atomic E-state index is 0.0184. The van der Waals surface area contributed by atoms with E-state index < -0.39 is 11.7 Å². The van der Waals surface area contributed by atoms with Crippen molar-refractivity contribution in [3.63, 3.8) is 0 Å². The molecule has 0 saturated carbocycles. The van der Waals surface area contributed by atoms with Crippen LogP contribution in [0.3, 0.4) is 0 Å². The van der Waals surface area contributed by atoms with Gasteiger partial charge in [0.15, 0.2) is 11.4 Å². The van der Waals surface area contributed by atoms with Crippen molar-refractivity contribution in [3.8, 4) is 11.4 Å². The number of aromatic nitrogens is 2. The van der Waals surface area contributed by atoms with Crippen molar-refractivity contribution in [1.29, 1.82) is 0 Å². The molecule has 0 bridgehead atoms. The molecule has 0 atom stereocenters. The van der Waals surface area contributed by atoms with Crippen LogP contribution in [0, 0.1) is 0 Å². The molecule has 2 aromatic carbocycles. The number of benzene rings is 2. The van der Waals surface area contributed by atoms with Crippen molar-refractivity contribution < 1.29 is 23.1 Å². The van der Waals surface area contributed by atoms with E-state index in [1.165, 1.54) is 16.9 Å². The molecular formula is C22H21F3N4O2. The molecule has 0 spiro atoms. The minimum Gasteiger partial charge on any atom is -0.504 e. The normalized spacial score (nSPS) is 15.3. The van der Waals surface area contributed by atoms with E-state index in [0.717, 1.165) is 17.8 Å². The first-order valence-corrected chi connectivity index (χ1v) is 9.83. The second kappa shape index (κ2) is 8.43. The fourth-order valence-electron chi connectivity index (χ4n) is 3.59. The summed E-state index contributed by atoms with van der Waals surface area (Å²) < 4.78 is 40.2. The van der Waals surface area contributed by atoms with E-state index in [4.69, 9.17) is 0 Å². The molecule has 162 valence electrons. The summed E-state index contributed by atoms with van der Waals surface area (Å²) in [5, 5.41) is 14.4. The van der Waals surface area contributed by atoms with Gasteiger partial charge in [0.25, 0.3) is 5.91 Å². The van der Waals surface area contributed by atoms with Crippen LogP contribution < -0.4 is 0 Å². The van der Waals surface area contributed by atoms with Gasteiger partial charge in [0.1, 0.15) is 0 Å². The fraction of sp³-hybridized carbons (Fsp3) is 0.273. The zero-order valence-corrected chi connectivity index (χ0v) is 16.6. The molecule has 4 rings (SSSR count). The van der Waals surface area contributed by atoms with Crippen LogP contribution in [0.25, 0.3) is 5.69 Å².